The summed E-state index contributed by atoms with van der Waals surface area (Å²) in [5, 5.41) is -0.378. The van der Waals surface area contributed by atoms with Crippen LogP contribution in [0.1, 0.15) is 11.1 Å². The number of hydrogen-bond acceptors (Lipinski definition) is 5. The Hall–Kier alpha value is -2.21. The Labute approximate surface area is 189 Å². The average molecular weight is 537 g/mol. The summed E-state index contributed by atoms with van der Waals surface area (Å²) in [5.41, 5.74) is 1.70. The van der Waals surface area contributed by atoms with E-state index in [9.17, 15) is 9.59 Å². The third-order valence-electron chi connectivity index (χ3n) is 4.00. The molecule has 29 heavy (non-hydrogen) atoms. The fourth-order valence-electron chi connectivity index (χ4n) is 2.54. The van der Waals surface area contributed by atoms with E-state index < -0.39 is 5.91 Å². The fraction of sp³-hybridized carbons (Fsp3) is 0.143. The summed E-state index contributed by atoms with van der Waals surface area (Å²) in [6, 6.07) is 11.3. The fourth-order valence-corrected chi connectivity index (χ4v) is 4.07. The second-order valence-electron chi connectivity index (χ2n) is 5.91. The highest BCUT2D eigenvalue weighted by atomic mass is 79.9. The molecule has 0 spiro atoms. The Balaban J connectivity index is 1.83. The SMILES string of the molecule is C#CCN1C(=O)S/C(=C/c2cc(OC)c(OCc3ccc(Br)cc3)cc2Br)C1=O. The smallest absolute Gasteiger partial charge is 0.294 e. The van der Waals surface area contributed by atoms with Gasteiger partial charge >= 0.3 is 0 Å². The lowest BCUT2D eigenvalue weighted by Gasteiger charge is -2.13. The number of imide groups is 1. The minimum atomic E-state index is -0.403. The van der Waals surface area contributed by atoms with Gasteiger partial charge in [0.1, 0.15) is 6.61 Å². The van der Waals surface area contributed by atoms with Gasteiger partial charge in [0.15, 0.2) is 11.5 Å². The van der Waals surface area contributed by atoms with E-state index >= 15 is 0 Å². The topological polar surface area (TPSA) is 55.8 Å². The summed E-state index contributed by atoms with van der Waals surface area (Å²) in [6.07, 6.45) is 6.85. The molecule has 0 bridgehead atoms. The van der Waals surface area contributed by atoms with Crippen LogP contribution in [0.15, 0.2) is 50.2 Å². The number of ether oxygens (including phenoxy) is 2. The summed E-state index contributed by atoms with van der Waals surface area (Å²) < 4.78 is 13.0. The summed E-state index contributed by atoms with van der Waals surface area (Å²) in [6.45, 7) is 0.329. The zero-order chi connectivity index (χ0) is 21.0. The Morgan fingerprint density at radius 1 is 1.17 bits per heavy atom. The highest BCUT2D eigenvalue weighted by molar-refractivity contribution is 9.10. The minimum absolute atomic E-state index is 0.0463. The number of halogens is 2. The predicted molar refractivity (Wildman–Crippen MR) is 121 cm³/mol. The molecule has 1 heterocycles. The molecule has 0 aromatic heterocycles. The molecular weight excluding hydrogens is 522 g/mol. The van der Waals surface area contributed by atoms with E-state index in [4.69, 9.17) is 15.9 Å². The van der Waals surface area contributed by atoms with Crippen LogP contribution in [0.3, 0.4) is 0 Å². The summed E-state index contributed by atoms with van der Waals surface area (Å²) in [4.78, 5) is 25.7. The lowest BCUT2D eigenvalue weighted by Crippen LogP contribution is -2.28. The number of hydrogen-bond donors (Lipinski definition) is 0. The molecule has 2 aromatic rings. The van der Waals surface area contributed by atoms with Crippen LogP contribution in [0.25, 0.3) is 6.08 Å². The first kappa shape index (κ1) is 21.5. The number of nitrogens with zero attached hydrogens (tertiary/aromatic N) is 1. The number of carbonyl (C=O) groups is 2. The number of terminal acetylenes is 1. The molecule has 2 amide bonds. The highest BCUT2D eigenvalue weighted by Crippen LogP contribution is 2.38. The van der Waals surface area contributed by atoms with Crippen LogP contribution >= 0.6 is 43.6 Å². The lowest BCUT2D eigenvalue weighted by atomic mass is 10.1. The monoisotopic (exact) mass is 535 g/mol. The van der Waals surface area contributed by atoms with Crippen molar-refractivity contribution in [2.24, 2.45) is 0 Å². The van der Waals surface area contributed by atoms with E-state index in [2.05, 4.69) is 37.8 Å². The largest absolute Gasteiger partial charge is 0.493 e. The van der Waals surface area contributed by atoms with Gasteiger partial charge in [0, 0.05) is 8.95 Å². The molecule has 148 valence electrons. The summed E-state index contributed by atoms with van der Waals surface area (Å²) in [7, 11) is 1.54. The molecule has 1 fully saturated rings. The van der Waals surface area contributed by atoms with Crippen LogP contribution in [-0.4, -0.2) is 29.7 Å². The molecule has 0 aliphatic carbocycles. The number of thioether (sulfide) groups is 1. The minimum Gasteiger partial charge on any atom is -0.493 e. The number of rotatable bonds is 6. The van der Waals surface area contributed by atoms with E-state index in [0.29, 0.717) is 33.0 Å². The van der Waals surface area contributed by atoms with Crippen molar-refractivity contribution in [1.82, 2.24) is 4.90 Å². The summed E-state index contributed by atoms with van der Waals surface area (Å²) >= 11 is 7.76. The molecule has 0 unspecified atom stereocenters. The highest BCUT2D eigenvalue weighted by Gasteiger charge is 2.34. The molecule has 0 atom stereocenters. The summed E-state index contributed by atoms with van der Waals surface area (Å²) in [5.74, 6) is 2.98. The van der Waals surface area contributed by atoms with Crippen molar-refractivity contribution in [2.75, 3.05) is 13.7 Å². The van der Waals surface area contributed by atoms with Crippen molar-refractivity contribution in [2.45, 2.75) is 6.61 Å². The Morgan fingerprint density at radius 3 is 2.55 bits per heavy atom. The molecule has 1 aliphatic heterocycles. The average Bonchev–Trinajstić information content (AvgIpc) is 2.97. The predicted octanol–water partition coefficient (Wildman–Crippen LogP) is 5.47. The van der Waals surface area contributed by atoms with Crippen LogP contribution < -0.4 is 9.47 Å². The van der Waals surface area contributed by atoms with Crippen molar-refractivity contribution in [3.05, 3.63) is 61.4 Å². The van der Waals surface area contributed by atoms with Crippen LogP contribution in [-0.2, 0) is 11.4 Å². The molecule has 8 heteroatoms. The number of amides is 2. The second kappa shape index (κ2) is 9.53. The van der Waals surface area contributed by atoms with E-state index in [0.717, 1.165) is 26.7 Å². The van der Waals surface area contributed by atoms with Crippen molar-refractivity contribution < 1.29 is 19.1 Å². The van der Waals surface area contributed by atoms with Gasteiger partial charge in [0.05, 0.1) is 18.6 Å². The van der Waals surface area contributed by atoms with Gasteiger partial charge < -0.3 is 9.47 Å². The van der Waals surface area contributed by atoms with Crippen molar-refractivity contribution in [3.63, 3.8) is 0 Å². The van der Waals surface area contributed by atoms with Gasteiger partial charge in [-0.15, -0.1) is 6.42 Å². The maximum absolute atomic E-state index is 12.4. The van der Waals surface area contributed by atoms with Gasteiger partial charge in [-0.3, -0.25) is 14.5 Å². The van der Waals surface area contributed by atoms with Gasteiger partial charge in [-0.25, -0.2) is 0 Å². The van der Waals surface area contributed by atoms with Gasteiger partial charge in [0.25, 0.3) is 11.1 Å². The molecule has 0 saturated carbocycles. The van der Waals surface area contributed by atoms with Crippen LogP contribution in [0, 0.1) is 12.3 Å². The van der Waals surface area contributed by atoms with Crippen molar-refractivity contribution in [1.29, 1.82) is 0 Å². The molecular formula is C21H15Br2NO4S. The van der Waals surface area contributed by atoms with Crippen LogP contribution in [0.5, 0.6) is 11.5 Å². The first-order valence-corrected chi connectivity index (χ1v) is 10.8. The Kier molecular flexibility index (Phi) is 7.06. The maximum atomic E-state index is 12.4. The third kappa shape index (κ3) is 5.04. The van der Waals surface area contributed by atoms with Gasteiger partial charge in [-0.2, -0.15) is 0 Å². The molecule has 0 N–H and O–H groups in total. The third-order valence-corrected chi connectivity index (χ3v) is 6.12. The molecule has 1 aliphatic rings. The standard InChI is InChI=1S/C21H15Br2NO4S/c1-3-8-24-20(25)19(29-21(24)26)10-14-9-17(27-2)18(11-16(14)23)28-12-13-4-6-15(22)7-5-13/h1,4-7,9-11H,8,12H2,2H3/b19-10+. The number of carbonyl (C=O) groups excluding carboxylic acids is 2. The molecule has 3 rings (SSSR count). The molecule has 1 saturated heterocycles. The quantitative estimate of drug-likeness (QED) is 0.362. The van der Waals surface area contributed by atoms with E-state index in [-0.39, 0.29) is 11.8 Å². The normalized spacial score (nSPS) is 15.0. The van der Waals surface area contributed by atoms with E-state index in [1.165, 1.54) is 0 Å². The zero-order valence-electron chi connectivity index (χ0n) is 15.3. The van der Waals surface area contributed by atoms with Gasteiger partial charge in [-0.05, 0) is 53.2 Å². The van der Waals surface area contributed by atoms with Gasteiger partial charge in [0.2, 0.25) is 0 Å². The number of methoxy groups -OCH3 is 1. The zero-order valence-corrected chi connectivity index (χ0v) is 19.3. The Bertz CT molecular complexity index is 1030. The van der Waals surface area contributed by atoms with Crippen molar-refractivity contribution in [3.8, 4) is 23.8 Å². The Morgan fingerprint density at radius 2 is 1.90 bits per heavy atom. The maximum Gasteiger partial charge on any atom is 0.294 e. The van der Waals surface area contributed by atoms with Crippen molar-refractivity contribution >= 4 is 60.8 Å². The molecule has 0 radical (unpaired) electrons. The van der Waals surface area contributed by atoms with E-state index in [1.54, 1.807) is 25.3 Å². The second-order valence-corrected chi connectivity index (χ2v) is 8.67. The lowest BCUT2D eigenvalue weighted by molar-refractivity contribution is -0.122. The van der Waals surface area contributed by atoms with Gasteiger partial charge in [-0.1, -0.05) is 49.9 Å². The molecule has 2 aromatic carbocycles. The van der Waals surface area contributed by atoms with Crippen LogP contribution in [0.2, 0.25) is 0 Å². The van der Waals surface area contributed by atoms with Crippen LogP contribution in [0.4, 0.5) is 4.79 Å². The number of benzene rings is 2. The van der Waals surface area contributed by atoms with E-state index in [1.807, 2.05) is 24.3 Å². The molecule has 5 nitrogen and oxygen atoms in total. The first-order chi connectivity index (χ1) is 13.9. The first-order valence-electron chi connectivity index (χ1n) is 8.36.